The Morgan fingerprint density at radius 3 is 2.12 bits per heavy atom. The summed E-state index contributed by atoms with van der Waals surface area (Å²) in [4.78, 5) is 49.4. The molecule has 4 unspecified atom stereocenters. The van der Waals surface area contributed by atoms with Crippen molar-refractivity contribution in [1.29, 1.82) is 0 Å². The molecule has 3 amide bonds. The monoisotopic (exact) mass is 498 g/mol. The summed E-state index contributed by atoms with van der Waals surface area (Å²) in [7, 11) is 0. The highest BCUT2D eigenvalue weighted by Gasteiger charge is 2.31. The van der Waals surface area contributed by atoms with Crippen LogP contribution in [0, 0.1) is 5.92 Å². The van der Waals surface area contributed by atoms with Gasteiger partial charge in [0.1, 0.15) is 18.1 Å². The van der Waals surface area contributed by atoms with E-state index in [0.717, 1.165) is 5.56 Å². The first kappa shape index (κ1) is 28.8. The Balaban J connectivity index is 2.77. The van der Waals surface area contributed by atoms with Gasteiger partial charge in [0.2, 0.25) is 17.7 Å². The molecule has 0 heterocycles. The van der Waals surface area contributed by atoms with Gasteiger partial charge >= 0.3 is 5.97 Å². The van der Waals surface area contributed by atoms with E-state index in [1.165, 1.54) is 11.8 Å². The maximum absolute atomic E-state index is 12.9. The number of nitrogens with one attached hydrogen (secondary N) is 3. The number of hydrogen-bond acceptors (Lipinski definition) is 7. The molecule has 0 aliphatic heterocycles. The average molecular weight is 499 g/mol. The van der Waals surface area contributed by atoms with Gasteiger partial charge in [-0.15, -0.1) is 0 Å². The van der Waals surface area contributed by atoms with E-state index in [-0.39, 0.29) is 18.1 Å². The molecule has 0 bridgehead atoms. The van der Waals surface area contributed by atoms with Crippen LogP contribution in [-0.4, -0.2) is 70.7 Å². The van der Waals surface area contributed by atoms with Gasteiger partial charge in [0.05, 0.1) is 6.04 Å². The van der Waals surface area contributed by atoms with E-state index in [9.17, 15) is 24.3 Å². The summed E-state index contributed by atoms with van der Waals surface area (Å²) in [5, 5.41) is 17.0. The fraction of sp³-hybridized carbons (Fsp3) is 0.545. The van der Waals surface area contributed by atoms with Gasteiger partial charge in [-0.25, -0.2) is 4.79 Å². The Bertz CT molecular complexity index is 794. The lowest BCUT2D eigenvalue weighted by atomic mass is 10.0. The van der Waals surface area contributed by atoms with Crippen LogP contribution in [0.15, 0.2) is 30.3 Å². The second-order valence-corrected chi connectivity index (χ2v) is 9.30. The van der Waals surface area contributed by atoms with Crippen LogP contribution in [0.2, 0.25) is 0 Å². The summed E-state index contributed by atoms with van der Waals surface area (Å²) < 4.78 is 0. The van der Waals surface area contributed by atoms with Gasteiger partial charge in [0.15, 0.2) is 0 Å². The predicted octanol–water partition coefficient (Wildman–Crippen LogP) is 0.434. The van der Waals surface area contributed by atoms with Crippen LogP contribution in [0.5, 0.6) is 0 Å². The summed E-state index contributed by atoms with van der Waals surface area (Å²) in [5.41, 5.74) is 6.91. The topological polar surface area (TPSA) is 151 Å². The minimum absolute atomic E-state index is 0.0429. The summed E-state index contributed by atoms with van der Waals surface area (Å²) in [6.07, 6.45) is 2.40. The Morgan fingerprint density at radius 2 is 1.61 bits per heavy atom. The fourth-order valence-electron chi connectivity index (χ4n) is 2.98. The lowest BCUT2D eigenvalue weighted by Crippen LogP contribution is -2.59. The second kappa shape index (κ2) is 14.8. The Morgan fingerprint density at radius 1 is 1.00 bits per heavy atom. The van der Waals surface area contributed by atoms with Gasteiger partial charge in [0.25, 0.3) is 0 Å². The standard InChI is InChI=1S/C22H34N4O5S2/c1-13(2)18(26-19(27)15(23)11-14-7-5-4-6-8-14)21(29)25-17(12-32)20(28)24-16(22(30)31)9-10-33-3/h4-8,13,15-18,32H,9-12,23H2,1-3H3,(H,24,28)(H,25,29)(H,26,27)(H,30,31). The molecule has 0 spiro atoms. The summed E-state index contributed by atoms with van der Waals surface area (Å²) in [5.74, 6) is -2.63. The molecule has 0 fully saturated rings. The van der Waals surface area contributed by atoms with Crippen LogP contribution in [0.3, 0.4) is 0 Å². The highest BCUT2D eigenvalue weighted by atomic mass is 32.2. The first-order valence-electron chi connectivity index (χ1n) is 10.6. The van der Waals surface area contributed by atoms with Crippen LogP contribution in [-0.2, 0) is 25.6 Å². The largest absolute Gasteiger partial charge is 0.480 e. The third-order valence-corrected chi connectivity index (χ3v) is 5.93. The van der Waals surface area contributed by atoms with E-state index in [1.807, 2.05) is 36.6 Å². The van der Waals surface area contributed by atoms with E-state index >= 15 is 0 Å². The number of carbonyl (C=O) groups is 4. The van der Waals surface area contributed by atoms with Crippen LogP contribution < -0.4 is 21.7 Å². The third-order valence-electron chi connectivity index (χ3n) is 4.92. The van der Waals surface area contributed by atoms with Crippen molar-refractivity contribution in [2.45, 2.75) is 50.9 Å². The number of thiol groups is 1. The summed E-state index contributed by atoms with van der Waals surface area (Å²) in [6, 6.07) is 5.38. The smallest absolute Gasteiger partial charge is 0.326 e. The van der Waals surface area contributed by atoms with Crippen LogP contribution in [0.25, 0.3) is 0 Å². The first-order valence-corrected chi connectivity index (χ1v) is 12.7. The Kier molecular flexibility index (Phi) is 12.9. The van der Waals surface area contributed by atoms with Crippen LogP contribution in [0.4, 0.5) is 0 Å². The molecule has 0 aromatic heterocycles. The maximum Gasteiger partial charge on any atom is 0.326 e. The minimum atomic E-state index is -1.15. The number of rotatable bonds is 14. The third kappa shape index (κ3) is 10.1. The number of hydrogen-bond donors (Lipinski definition) is 6. The predicted molar refractivity (Wildman–Crippen MR) is 133 cm³/mol. The molecule has 0 aliphatic rings. The van der Waals surface area contributed by atoms with Crippen molar-refractivity contribution in [3.63, 3.8) is 0 Å². The number of nitrogens with two attached hydrogens (primary N) is 1. The second-order valence-electron chi connectivity index (χ2n) is 7.95. The van der Waals surface area contributed by atoms with Crippen molar-refractivity contribution in [3.05, 3.63) is 35.9 Å². The SMILES string of the molecule is CSCCC(NC(=O)C(CS)NC(=O)C(NC(=O)C(N)Cc1ccccc1)C(C)C)C(=O)O. The molecule has 1 rings (SSSR count). The van der Waals surface area contributed by atoms with Crippen LogP contribution >= 0.6 is 24.4 Å². The summed E-state index contributed by atoms with van der Waals surface area (Å²) in [6.45, 7) is 3.51. The highest BCUT2D eigenvalue weighted by molar-refractivity contribution is 7.98. The zero-order valence-electron chi connectivity index (χ0n) is 19.1. The summed E-state index contributed by atoms with van der Waals surface area (Å²) >= 11 is 5.58. The molecule has 4 atom stereocenters. The molecule has 6 N–H and O–H groups in total. The van der Waals surface area contributed by atoms with E-state index < -0.39 is 47.9 Å². The van der Waals surface area contributed by atoms with Gasteiger partial charge in [-0.3, -0.25) is 14.4 Å². The van der Waals surface area contributed by atoms with Gasteiger partial charge in [-0.05, 0) is 36.3 Å². The highest BCUT2D eigenvalue weighted by Crippen LogP contribution is 2.07. The fourth-order valence-corrected chi connectivity index (χ4v) is 3.71. The van der Waals surface area contributed by atoms with E-state index in [4.69, 9.17) is 5.73 Å². The molecule has 1 aromatic carbocycles. The van der Waals surface area contributed by atoms with E-state index in [2.05, 4.69) is 28.6 Å². The molecular weight excluding hydrogens is 464 g/mol. The number of amides is 3. The zero-order chi connectivity index (χ0) is 25.0. The lowest BCUT2D eigenvalue weighted by molar-refractivity contribution is -0.142. The molecule has 11 heteroatoms. The number of benzene rings is 1. The molecule has 9 nitrogen and oxygen atoms in total. The normalized spacial score (nSPS) is 14.6. The molecule has 0 radical (unpaired) electrons. The van der Waals surface area contributed by atoms with E-state index in [1.54, 1.807) is 13.8 Å². The number of carbonyl (C=O) groups excluding carboxylic acids is 3. The number of aliphatic carboxylic acids is 1. The van der Waals surface area contributed by atoms with Gasteiger partial charge < -0.3 is 26.8 Å². The van der Waals surface area contributed by atoms with Crippen molar-refractivity contribution in [2.24, 2.45) is 11.7 Å². The maximum atomic E-state index is 12.9. The quantitative estimate of drug-likeness (QED) is 0.204. The molecule has 0 saturated heterocycles. The lowest BCUT2D eigenvalue weighted by Gasteiger charge is -2.26. The van der Waals surface area contributed by atoms with Crippen molar-refractivity contribution in [3.8, 4) is 0 Å². The van der Waals surface area contributed by atoms with Gasteiger partial charge in [-0.1, -0.05) is 44.2 Å². The number of thioether (sulfide) groups is 1. The van der Waals surface area contributed by atoms with Gasteiger partial charge in [0, 0.05) is 5.75 Å². The first-order chi connectivity index (χ1) is 15.6. The minimum Gasteiger partial charge on any atom is -0.480 e. The molecule has 1 aromatic rings. The number of carboxylic acid groups (broad SMARTS) is 1. The van der Waals surface area contributed by atoms with E-state index in [0.29, 0.717) is 12.2 Å². The molecular formula is C22H34N4O5S2. The van der Waals surface area contributed by atoms with Crippen molar-refractivity contribution in [2.75, 3.05) is 17.8 Å². The average Bonchev–Trinajstić information content (AvgIpc) is 2.78. The molecule has 184 valence electrons. The van der Waals surface area contributed by atoms with Crippen molar-refractivity contribution >= 4 is 48.1 Å². The van der Waals surface area contributed by atoms with Crippen molar-refractivity contribution < 1.29 is 24.3 Å². The van der Waals surface area contributed by atoms with Crippen LogP contribution in [0.1, 0.15) is 25.8 Å². The molecule has 0 aliphatic carbocycles. The Labute approximate surface area is 204 Å². The Hall–Kier alpha value is -2.24. The zero-order valence-corrected chi connectivity index (χ0v) is 20.8. The van der Waals surface area contributed by atoms with Gasteiger partial charge in [-0.2, -0.15) is 24.4 Å². The van der Waals surface area contributed by atoms with Crippen molar-refractivity contribution in [1.82, 2.24) is 16.0 Å². The molecule has 0 saturated carbocycles. The molecule has 33 heavy (non-hydrogen) atoms. The number of carboxylic acids is 1.